The highest BCUT2D eigenvalue weighted by molar-refractivity contribution is 5.99. The van der Waals surface area contributed by atoms with E-state index in [-0.39, 0.29) is 50.9 Å². The van der Waals surface area contributed by atoms with E-state index in [9.17, 15) is 34.5 Å². The maximum atomic E-state index is 14.9. The van der Waals surface area contributed by atoms with E-state index in [1.54, 1.807) is 20.8 Å². The largest absolute Gasteiger partial charge is 0.458 e. The maximum Gasteiger partial charge on any atom is 0.342 e. The van der Waals surface area contributed by atoms with Crippen molar-refractivity contribution in [2.45, 2.75) is 106 Å². The van der Waals surface area contributed by atoms with Crippen LogP contribution in [-0.2, 0) is 38.1 Å². The molecule has 0 aromatic carbocycles. The summed E-state index contributed by atoms with van der Waals surface area (Å²) in [7, 11) is 0. The van der Waals surface area contributed by atoms with Gasteiger partial charge in [0.25, 0.3) is 0 Å². The zero-order chi connectivity index (χ0) is 27.8. The summed E-state index contributed by atoms with van der Waals surface area (Å²) in [5.41, 5.74) is -10.2. The van der Waals surface area contributed by atoms with Gasteiger partial charge in [-0.05, 0) is 63.7 Å². The lowest BCUT2D eigenvalue weighted by atomic mass is 9.46. The molecule has 39 heavy (non-hydrogen) atoms. The summed E-state index contributed by atoms with van der Waals surface area (Å²) in [6.07, 6.45) is -1.45. The van der Waals surface area contributed by atoms with Gasteiger partial charge in [0.1, 0.15) is 17.5 Å². The standard InChI is InChI=1S/C28H34O11/c1-22-10-17-24(3)28-18(22)19(31)27(39-28,36-11-14(22)20(32)37-17)13-9-16(30)25(34)7-4-5-15(29)23(25,2)12(13)6-8-26(28,35)21(33)38-24/h12-14,16-18,30,34-35H,4-11H2,1-3H3/t12?,13?,14-,16+,17+,18?,22+,23-,24-,25-,26+,27+,28-/m0/s1. The Balaban J connectivity index is 1.42. The van der Waals surface area contributed by atoms with Crippen molar-refractivity contribution in [2.75, 3.05) is 6.61 Å². The number of ketones is 2. The average Bonchev–Trinajstić information content (AvgIpc) is 3.19. The molecule has 11 heteroatoms. The third-order valence-electron chi connectivity index (χ3n) is 13.0. The van der Waals surface area contributed by atoms with Crippen LogP contribution in [0.3, 0.4) is 0 Å². The Labute approximate surface area is 224 Å². The summed E-state index contributed by atoms with van der Waals surface area (Å²) in [4.78, 5) is 55.6. The van der Waals surface area contributed by atoms with Crippen LogP contribution in [0.1, 0.15) is 65.7 Å². The smallest absolute Gasteiger partial charge is 0.342 e. The lowest BCUT2D eigenvalue weighted by Crippen LogP contribution is -2.79. The van der Waals surface area contributed by atoms with Crippen molar-refractivity contribution in [1.82, 2.24) is 0 Å². The van der Waals surface area contributed by atoms with Crippen LogP contribution in [0.4, 0.5) is 0 Å². The first-order valence-electron chi connectivity index (χ1n) is 14.2. The van der Waals surface area contributed by atoms with Crippen molar-refractivity contribution in [2.24, 2.45) is 34.5 Å². The second-order valence-electron chi connectivity index (χ2n) is 14.1. The summed E-state index contributed by atoms with van der Waals surface area (Å²) in [6, 6.07) is 0. The number of Topliss-reactive ketones (excluding diaryl/α,β-unsaturated/α-hetero) is 2. The molecule has 3 saturated carbocycles. The predicted molar refractivity (Wildman–Crippen MR) is 125 cm³/mol. The van der Waals surface area contributed by atoms with Gasteiger partial charge in [-0.25, -0.2) is 4.79 Å². The Morgan fingerprint density at radius 3 is 2.49 bits per heavy atom. The van der Waals surface area contributed by atoms with Gasteiger partial charge in [0, 0.05) is 12.3 Å². The van der Waals surface area contributed by atoms with Crippen LogP contribution in [0, 0.1) is 34.5 Å². The first-order chi connectivity index (χ1) is 18.2. The molecule has 5 saturated heterocycles. The van der Waals surface area contributed by atoms with E-state index in [0.29, 0.717) is 6.42 Å². The number of ether oxygens (including phenoxy) is 4. The summed E-state index contributed by atoms with van der Waals surface area (Å²) in [5.74, 6) is -7.99. The number of esters is 2. The lowest BCUT2D eigenvalue weighted by Gasteiger charge is -2.64. The SMILES string of the molecule is C[C@@]12C[C@H]3OC(=O)[C@@H]1CO[C@]14O[C@]5(C2C1=O)[C@@](O)(CCC1C4C[C@@H](O)[C@@]2(O)CCCC(=O)[C@]12C)C(=O)O[C@@]35C. The van der Waals surface area contributed by atoms with Gasteiger partial charge in [0.15, 0.2) is 22.6 Å². The van der Waals surface area contributed by atoms with Gasteiger partial charge < -0.3 is 34.3 Å². The molecule has 3 aliphatic carbocycles. The molecule has 8 aliphatic rings. The highest BCUT2D eigenvalue weighted by Crippen LogP contribution is 2.75. The Kier molecular flexibility index (Phi) is 4.20. The summed E-state index contributed by atoms with van der Waals surface area (Å²) in [6.45, 7) is 4.77. The predicted octanol–water partition coefficient (Wildman–Crippen LogP) is -0.0534. The summed E-state index contributed by atoms with van der Waals surface area (Å²) < 4.78 is 24.9. The summed E-state index contributed by atoms with van der Waals surface area (Å²) >= 11 is 0. The molecule has 0 aromatic rings. The fourth-order valence-corrected chi connectivity index (χ4v) is 10.9. The number of aliphatic hydroxyl groups is 3. The molecule has 2 spiro atoms. The number of rotatable bonds is 0. The van der Waals surface area contributed by atoms with Crippen molar-refractivity contribution in [1.29, 1.82) is 0 Å². The van der Waals surface area contributed by atoms with Gasteiger partial charge in [-0.1, -0.05) is 6.92 Å². The Hall–Kier alpha value is -1.92. The minimum Gasteiger partial charge on any atom is -0.458 e. The Morgan fingerprint density at radius 2 is 1.74 bits per heavy atom. The molecule has 0 amide bonds. The van der Waals surface area contributed by atoms with Crippen molar-refractivity contribution in [3.63, 3.8) is 0 Å². The van der Waals surface area contributed by atoms with Gasteiger partial charge in [-0.15, -0.1) is 0 Å². The molecule has 212 valence electrons. The molecule has 0 aromatic heterocycles. The van der Waals surface area contributed by atoms with Crippen LogP contribution < -0.4 is 0 Å². The molecule has 13 atom stereocenters. The van der Waals surface area contributed by atoms with E-state index in [1.807, 2.05) is 0 Å². The zero-order valence-electron chi connectivity index (χ0n) is 22.2. The van der Waals surface area contributed by atoms with Crippen LogP contribution in [0.25, 0.3) is 0 Å². The van der Waals surface area contributed by atoms with Crippen LogP contribution >= 0.6 is 0 Å². The van der Waals surface area contributed by atoms with Gasteiger partial charge >= 0.3 is 11.9 Å². The van der Waals surface area contributed by atoms with Crippen molar-refractivity contribution in [3.8, 4) is 0 Å². The Morgan fingerprint density at radius 1 is 1.00 bits per heavy atom. The fraction of sp³-hybridized carbons (Fsp3) is 0.857. The molecule has 3 unspecified atom stereocenters. The van der Waals surface area contributed by atoms with E-state index < -0.39 is 92.6 Å². The maximum absolute atomic E-state index is 14.9. The Bertz CT molecular complexity index is 1280. The van der Waals surface area contributed by atoms with Crippen molar-refractivity contribution < 1.29 is 53.4 Å². The molecular weight excluding hydrogens is 512 g/mol. The van der Waals surface area contributed by atoms with E-state index >= 15 is 0 Å². The van der Waals surface area contributed by atoms with Crippen molar-refractivity contribution >= 4 is 23.5 Å². The number of hydrogen-bond donors (Lipinski definition) is 3. The first kappa shape index (κ1) is 24.8. The normalized spacial score (nSPS) is 62.4. The van der Waals surface area contributed by atoms with Gasteiger partial charge in [-0.2, -0.15) is 0 Å². The lowest BCUT2D eigenvalue weighted by molar-refractivity contribution is -0.382. The third-order valence-corrected chi connectivity index (χ3v) is 13.0. The van der Waals surface area contributed by atoms with E-state index in [1.165, 1.54) is 0 Å². The topological polar surface area (TPSA) is 166 Å². The van der Waals surface area contributed by atoms with Crippen LogP contribution in [-0.4, -0.2) is 85.8 Å². The van der Waals surface area contributed by atoms with Gasteiger partial charge in [0.2, 0.25) is 5.79 Å². The van der Waals surface area contributed by atoms with Crippen molar-refractivity contribution in [3.05, 3.63) is 0 Å². The first-order valence-corrected chi connectivity index (χ1v) is 14.2. The monoisotopic (exact) mass is 546 g/mol. The highest BCUT2D eigenvalue weighted by atomic mass is 16.8. The van der Waals surface area contributed by atoms with Gasteiger partial charge in [0.05, 0.1) is 30.0 Å². The molecule has 5 bridgehead atoms. The summed E-state index contributed by atoms with van der Waals surface area (Å²) in [5, 5.41) is 35.7. The minimum absolute atomic E-state index is 0.0855. The van der Waals surface area contributed by atoms with E-state index in [0.717, 1.165) is 0 Å². The molecule has 8 rings (SSSR count). The molecule has 5 aliphatic heterocycles. The minimum atomic E-state index is -2.30. The number of fused-ring (bicyclic) bond motifs is 5. The van der Waals surface area contributed by atoms with Gasteiger partial charge in [-0.3, -0.25) is 14.4 Å². The second kappa shape index (κ2) is 6.59. The number of aliphatic hydroxyl groups excluding tert-OH is 1. The van der Waals surface area contributed by atoms with E-state index in [4.69, 9.17) is 18.9 Å². The van der Waals surface area contributed by atoms with Crippen LogP contribution in [0.15, 0.2) is 0 Å². The van der Waals surface area contributed by atoms with Crippen LogP contribution in [0.5, 0.6) is 0 Å². The third kappa shape index (κ3) is 2.14. The molecular formula is C28H34O11. The molecule has 5 heterocycles. The number of hydrogen-bond acceptors (Lipinski definition) is 11. The number of carbonyl (C=O) groups is 4. The fourth-order valence-electron chi connectivity index (χ4n) is 10.9. The average molecular weight is 547 g/mol. The highest BCUT2D eigenvalue weighted by Gasteiger charge is 2.93. The van der Waals surface area contributed by atoms with Crippen LogP contribution in [0.2, 0.25) is 0 Å². The quantitative estimate of drug-likeness (QED) is 0.349. The molecule has 8 fully saturated rings. The zero-order valence-corrected chi connectivity index (χ0v) is 22.2. The molecule has 0 radical (unpaired) electrons. The second-order valence-corrected chi connectivity index (χ2v) is 14.1. The molecule has 3 N–H and O–H groups in total. The molecule has 11 nitrogen and oxygen atoms in total. The number of carbonyl (C=O) groups excluding carboxylic acids is 4. The van der Waals surface area contributed by atoms with E-state index in [2.05, 4.69) is 0 Å².